The highest BCUT2D eigenvalue weighted by molar-refractivity contribution is 5.13. The zero-order valence-electron chi connectivity index (χ0n) is 11.4. The molecule has 0 amide bonds. The maximum Gasteiger partial charge on any atom is 0.105 e. The van der Waals surface area contributed by atoms with Gasteiger partial charge in [-0.25, -0.2) is 0 Å². The van der Waals surface area contributed by atoms with Gasteiger partial charge in [-0.05, 0) is 30.1 Å². The Morgan fingerprint density at radius 2 is 2.00 bits per heavy atom. The lowest BCUT2D eigenvalue weighted by Crippen LogP contribution is -2.16. The second-order valence-electron chi connectivity index (χ2n) is 4.75. The summed E-state index contributed by atoms with van der Waals surface area (Å²) in [6.07, 6.45) is 1.37. The molecule has 18 heavy (non-hydrogen) atoms. The number of hydrogen-bond acceptors (Lipinski definition) is 2. The van der Waals surface area contributed by atoms with Gasteiger partial charge in [0.15, 0.2) is 0 Å². The van der Waals surface area contributed by atoms with E-state index in [1.54, 1.807) is 0 Å². The van der Waals surface area contributed by atoms with Gasteiger partial charge in [0.2, 0.25) is 0 Å². The summed E-state index contributed by atoms with van der Waals surface area (Å²) in [5.74, 6) is 0.442. The van der Waals surface area contributed by atoms with Crippen molar-refractivity contribution in [2.24, 2.45) is 5.92 Å². The van der Waals surface area contributed by atoms with Crippen LogP contribution < -0.4 is 0 Å². The molecule has 98 valence electrons. The third kappa shape index (κ3) is 5.83. The van der Waals surface area contributed by atoms with E-state index in [0.29, 0.717) is 19.1 Å². The van der Waals surface area contributed by atoms with Gasteiger partial charge >= 0.3 is 0 Å². The normalized spacial score (nSPS) is 12.1. The summed E-state index contributed by atoms with van der Waals surface area (Å²) in [7, 11) is 0. The Kier molecular flexibility index (Phi) is 6.45. The maximum absolute atomic E-state index is 9.86. The van der Waals surface area contributed by atoms with Crippen molar-refractivity contribution in [2.75, 3.05) is 6.61 Å². The van der Waals surface area contributed by atoms with E-state index in [0.717, 1.165) is 11.1 Å². The second-order valence-corrected chi connectivity index (χ2v) is 4.75. The summed E-state index contributed by atoms with van der Waals surface area (Å²) in [5, 5.41) is 9.86. The van der Waals surface area contributed by atoms with Crippen molar-refractivity contribution in [1.29, 1.82) is 0 Å². The van der Waals surface area contributed by atoms with Gasteiger partial charge in [-0.2, -0.15) is 0 Å². The smallest absolute Gasteiger partial charge is 0.105 e. The third-order valence-corrected chi connectivity index (χ3v) is 2.53. The molecule has 0 bridgehead atoms. The number of hydrogen-bond donors (Lipinski definition) is 1. The molecule has 0 radical (unpaired) electrons. The molecule has 1 aromatic carbocycles. The SMILES string of the molecule is CC(=C=CC(C)C)[C@H](O)COCc1ccccc1. The molecular formula is C16H22O2. The van der Waals surface area contributed by atoms with Crippen LogP contribution in [0.25, 0.3) is 0 Å². The minimum absolute atomic E-state index is 0.305. The van der Waals surface area contributed by atoms with Gasteiger partial charge in [0.05, 0.1) is 13.2 Å². The summed E-state index contributed by atoms with van der Waals surface area (Å²) < 4.78 is 5.48. The molecule has 0 saturated heterocycles. The predicted molar refractivity (Wildman–Crippen MR) is 74.2 cm³/mol. The van der Waals surface area contributed by atoms with Crippen LogP contribution in [0.2, 0.25) is 0 Å². The maximum atomic E-state index is 9.86. The lowest BCUT2D eigenvalue weighted by atomic mass is 10.1. The number of rotatable bonds is 6. The van der Waals surface area contributed by atoms with Gasteiger partial charge in [-0.15, -0.1) is 5.73 Å². The quantitative estimate of drug-likeness (QED) is 0.780. The Balaban J connectivity index is 2.37. The third-order valence-electron chi connectivity index (χ3n) is 2.53. The predicted octanol–water partition coefficient (Wildman–Crippen LogP) is 3.32. The highest BCUT2D eigenvalue weighted by Gasteiger charge is 2.05. The Labute approximate surface area is 110 Å². The topological polar surface area (TPSA) is 29.5 Å². The van der Waals surface area contributed by atoms with Gasteiger partial charge in [0, 0.05) is 0 Å². The van der Waals surface area contributed by atoms with Crippen molar-refractivity contribution < 1.29 is 9.84 Å². The van der Waals surface area contributed by atoms with Crippen molar-refractivity contribution in [1.82, 2.24) is 0 Å². The first-order valence-electron chi connectivity index (χ1n) is 6.32. The number of ether oxygens (including phenoxy) is 1. The largest absolute Gasteiger partial charge is 0.386 e. The molecule has 1 aromatic rings. The van der Waals surface area contributed by atoms with Crippen LogP contribution in [0.5, 0.6) is 0 Å². The van der Waals surface area contributed by atoms with Crippen LogP contribution in [0.3, 0.4) is 0 Å². The lowest BCUT2D eigenvalue weighted by molar-refractivity contribution is 0.0454. The molecule has 0 fully saturated rings. The van der Waals surface area contributed by atoms with E-state index in [9.17, 15) is 5.11 Å². The molecule has 1 rings (SSSR count). The summed E-state index contributed by atoms with van der Waals surface area (Å²) in [6, 6.07) is 9.95. The van der Waals surface area contributed by atoms with Crippen LogP contribution in [0.4, 0.5) is 0 Å². The molecule has 2 nitrogen and oxygen atoms in total. The first-order chi connectivity index (χ1) is 8.59. The Hall–Kier alpha value is -1.34. The van der Waals surface area contributed by atoms with Crippen molar-refractivity contribution in [3.63, 3.8) is 0 Å². The molecule has 1 atom stereocenters. The van der Waals surface area contributed by atoms with Gasteiger partial charge in [0.25, 0.3) is 0 Å². The minimum Gasteiger partial charge on any atom is -0.386 e. The molecular weight excluding hydrogens is 224 g/mol. The fraction of sp³-hybridized carbons (Fsp3) is 0.438. The van der Waals surface area contributed by atoms with Crippen LogP contribution in [0, 0.1) is 5.92 Å². The van der Waals surface area contributed by atoms with E-state index < -0.39 is 6.10 Å². The fourth-order valence-electron chi connectivity index (χ4n) is 1.38. The molecule has 0 aliphatic heterocycles. The zero-order chi connectivity index (χ0) is 13.4. The average molecular weight is 246 g/mol. The van der Waals surface area contributed by atoms with Crippen molar-refractivity contribution in [3.05, 3.63) is 53.3 Å². The molecule has 0 aliphatic carbocycles. The highest BCUT2D eigenvalue weighted by atomic mass is 16.5. The first-order valence-corrected chi connectivity index (χ1v) is 6.32. The van der Waals surface area contributed by atoms with Crippen molar-refractivity contribution in [3.8, 4) is 0 Å². The Bertz CT molecular complexity index is 400. The number of aliphatic hydroxyl groups excluding tert-OH is 1. The minimum atomic E-state index is -0.580. The highest BCUT2D eigenvalue weighted by Crippen LogP contribution is 2.05. The van der Waals surface area contributed by atoms with Gasteiger partial charge < -0.3 is 9.84 Å². The monoisotopic (exact) mass is 246 g/mol. The van der Waals surface area contributed by atoms with E-state index in [4.69, 9.17) is 4.74 Å². The van der Waals surface area contributed by atoms with Crippen LogP contribution in [0.15, 0.2) is 47.7 Å². The molecule has 0 aliphatic rings. The van der Waals surface area contributed by atoms with Crippen LogP contribution >= 0.6 is 0 Å². The lowest BCUT2D eigenvalue weighted by Gasteiger charge is -2.10. The second kappa shape index (κ2) is 7.88. The van der Waals surface area contributed by atoms with E-state index in [2.05, 4.69) is 19.6 Å². The van der Waals surface area contributed by atoms with Gasteiger partial charge in [0.1, 0.15) is 6.10 Å². The van der Waals surface area contributed by atoms with E-state index in [1.807, 2.05) is 43.3 Å². The standard InChI is InChI=1S/C16H22O2/c1-13(2)9-10-14(3)16(17)12-18-11-15-7-5-4-6-8-15/h4-9,13,16-17H,11-12H2,1-3H3/t10?,16-/m1/s1. The van der Waals surface area contributed by atoms with Crippen LogP contribution in [0.1, 0.15) is 26.3 Å². The summed E-state index contributed by atoms with van der Waals surface area (Å²) >= 11 is 0. The first kappa shape index (κ1) is 14.7. The summed E-state index contributed by atoms with van der Waals surface area (Å²) in [4.78, 5) is 0. The molecule has 0 heterocycles. The van der Waals surface area contributed by atoms with Crippen molar-refractivity contribution in [2.45, 2.75) is 33.5 Å². The molecule has 0 saturated carbocycles. The van der Waals surface area contributed by atoms with Gasteiger partial charge in [-0.1, -0.05) is 44.2 Å². The summed E-state index contributed by atoms with van der Waals surface area (Å²) in [5.41, 5.74) is 5.02. The van der Waals surface area contributed by atoms with E-state index >= 15 is 0 Å². The molecule has 0 unspecified atom stereocenters. The molecule has 0 spiro atoms. The molecule has 2 heteroatoms. The summed E-state index contributed by atoms with van der Waals surface area (Å²) in [6.45, 7) is 6.87. The molecule has 1 N–H and O–H groups in total. The van der Waals surface area contributed by atoms with E-state index in [-0.39, 0.29) is 0 Å². The Morgan fingerprint density at radius 3 is 2.61 bits per heavy atom. The van der Waals surface area contributed by atoms with E-state index in [1.165, 1.54) is 0 Å². The van der Waals surface area contributed by atoms with Crippen LogP contribution in [-0.4, -0.2) is 17.8 Å². The van der Waals surface area contributed by atoms with Crippen molar-refractivity contribution >= 4 is 0 Å². The number of aliphatic hydroxyl groups is 1. The Morgan fingerprint density at radius 1 is 1.33 bits per heavy atom. The molecule has 0 aromatic heterocycles. The van der Waals surface area contributed by atoms with Crippen LogP contribution in [-0.2, 0) is 11.3 Å². The number of benzene rings is 1. The zero-order valence-corrected chi connectivity index (χ0v) is 11.4. The average Bonchev–Trinajstić information content (AvgIpc) is 2.37. The fourth-order valence-corrected chi connectivity index (χ4v) is 1.38. The van der Waals surface area contributed by atoms with Gasteiger partial charge in [-0.3, -0.25) is 0 Å².